The van der Waals surface area contributed by atoms with E-state index in [4.69, 9.17) is 4.42 Å². The van der Waals surface area contributed by atoms with Crippen molar-refractivity contribution in [1.82, 2.24) is 15.5 Å². The zero-order valence-corrected chi connectivity index (χ0v) is 11.0. The second-order valence-corrected chi connectivity index (χ2v) is 4.33. The zero-order chi connectivity index (χ0) is 12.1. The van der Waals surface area contributed by atoms with Crippen molar-refractivity contribution in [2.75, 3.05) is 12.4 Å². The zero-order valence-electron chi connectivity index (χ0n) is 9.40. The minimum absolute atomic E-state index is 0.436. The molecule has 5 nitrogen and oxygen atoms in total. The number of rotatable bonds is 5. The molecule has 0 aliphatic rings. The van der Waals surface area contributed by atoms with Crippen LogP contribution in [0.1, 0.15) is 11.5 Å². The second kappa shape index (κ2) is 5.79. The summed E-state index contributed by atoms with van der Waals surface area (Å²) in [5, 5.41) is 13.8. The van der Waals surface area contributed by atoms with E-state index in [0.29, 0.717) is 25.0 Å². The third-order valence-corrected chi connectivity index (χ3v) is 2.96. The molecule has 0 saturated heterocycles. The molecule has 1 heterocycles. The van der Waals surface area contributed by atoms with E-state index in [1.165, 1.54) is 0 Å². The first-order chi connectivity index (χ1) is 8.29. The van der Waals surface area contributed by atoms with Crippen molar-refractivity contribution < 1.29 is 4.42 Å². The predicted molar refractivity (Wildman–Crippen MR) is 68.5 cm³/mol. The van der Waals surface area contributed by atoms with Gasteiger partial charge in [0.2, 0.25) is 5.89 Å². The van der Waals surface area contributed by atoms with Crippen molar-refractivity contribution in [2.24, 2.45) is 0 Å². The normalized spacial score (nSPS) is 10.5. The van der Waals surface area contributed by atoms with Crippen LogP contribution in [-0.2, 0) is 13.1 Å². The lowest BCUT2D eigenvalue weighted by Crippen LogP contribution is -2.04. The molecule has 90 valence electrons. The molecule has 0 aliphatic heterocycles. The first kappa shape index (κ1) is 12.1. The molecule has 0 radical (unpaired) electrons. The van der Waals surface area contributed by atoms with Crippen LogP contribution in [0.15, 0.2) is 33.2 Å². The Hall–Kier alpha value is -1.40. The summed E-state index contributed by atoms with van der Waals surface area (Å²) in [6, 6.07) is 8.43. The maximum atomic E-state index is 5.37. The smallest absolute Gasteiger partial charge is 0.315 e. The van der Waals surface area contributed by atoms with E-state index in [0.717, 1.165) is 10.0 Å². The molecule has 2 rings (SSSR count). The number of hydrogen-bond acceptors (Lipinski definition) is 5. The van der Waals surface area contributed by atoms with Gasteiger partial charge >= 0.3 is 6.01 Å². The van der Waals surface area contributed by atoms with Gasteiger partial charge in [-0.3, -0.25) is 0 Å². The molecule has 0 unspecified atom stereocenters. The van der Waals surface area contributed by atoms with E-state index in [1.807, 2.05) is 31.3 Å². The molecule has 0 bridgehead atoms. The number of aromatic nitrogens is 2. The van der Waals surface area contributed by atoms with E-state index in [9.17, 15) is 0 Å². The highest BCUT2D eigenvalue weighted by Gasteiger charge is 2.05. The van der Waals surface area contributed by atoms with Crippen LogP contribution in [0.5, 0.6) is 0 Å². The number of nitrogens with one attached hydrogen (secondary N) is 2. The van der Waals surface area contributed by atoms with Gasteiger partial charge in [-0.05, 0) is 18.7 Å². The molecular formula is C11H13BrN4O. The molecule has 1 aromatic heterocycles. The van der Waals surface area contributed by atoms with Gasteiger partial charge in [-0.25, -0.2) is 0 Å². The number of benzene rings is 1. The molecule has 0 aliphatic carbocycles. The molecule has 0 spiro atoms. The van der Waals surface area contributed by atoms with Crippen LogP contribution in [0.2, 0.25) is 0 Å². The van der Waals surface area contributed by atoms with Crippen LogP contribution >= 0.6 is 15.9 Å². The van der Waals surface area contributed by atoms with Gasteiger partial charge in [-0.2, -0.15) is 0 Å². The number of nitrogens with zero attached hydrogens (tertiary/aromatic N) is 2. The van der Waals surface area contributed by atoms with Crippen LogP contribution in [0, 0.1) is 0 Å². The molecule has 0 saturated carbocycles. The van der Waals surface area contributed by atoms with Crippen LogP contribution in [0.4, 0.5) is 6.01 Å². The average Bonchev–Trinajstić information content (AvgIpc) is 2.76. The van der Waals surface area contributed by atoms with E-state index in [2.05, 4.69) is 36.8 Å². The molecule has 0 atom stereocenters. The molecule has 6 heteroatoms. The molecule has 1 aromatic carbocycles. The summed E-state index contributed by atoms with van der Waals surface area (Å²) in [5.74, 6) is 0.571. The maximum absolute atomic E-state index is 5.37. The van der Waals surface area contributed by atoms with Crippen molar-refractivity contribution in [3.8, 4) is 0 Å². The minimum Gasteiger partial charge on any atom is -0.407 e. The minimum atomic E-state index is 0.436. The highest BCUT2D eigenvalue weighted by molar-refractivity contribution is 9.10. The van der Waals surface area contributed by atoms with Crippen molar-refractivity contribution >= 4 is 21.9 Å². The molecule has 2 aromatic rings. The highest BCUT2D eigenvalue weighted by Crippen LogP contribution is 2.17. The first-order valence-corrected chi connectivity index (χ1v) is 6.03. The van der Waals surface area contributed by atoms with Gasteiger partial charge in [0.1, 0.15) is 0 Å². The van der Waals surface area contributed by atoms with Gasteiger partial charge in [0.15, 0.2) is 0 Å². The van der Waals surface area contributed by atoms with Gasteiger partial charge in [-0.15, -0.1) is 5.10 Å². The predicted octanol–water partition coefficient (Wildman–Crippen LogP) is 2.16. The fourth-order valence-corrected chi connectivity index (χ4v) is 1.79. The van der Waals surface area contributed by atoms with E-state index >= 15 is 0 Å². The third kappa shape index (κ3) is 3.28. The lowest BCUT2D eigenvalue weighted by molar-refractivity contribution is 0.489. The average molecular weight is 297 g/mol. The molecule has 17 heavy (non-hydrogen) atoms. The summed E-state index contributed by atoms with van der Waals surface area (Å²) in [6.45, 7) is 1.21. The van der Waals surface area contributed by atoms with Crippen molar-refractivity contribution in [1.29, 1.82) is 0 Å². The summed E-state index contributed by atoms with van der Waals surface area (Å²) >= 11 is 3.48. The number of halogens is 1. The Labute approximate surface area is 108 Å². The first-order valence-electron chi connectivity index (χ1n) is 5.24. The van der Waals surface area contributed by atoms with Crippen LogP contribution in [0.25, 0.3) is 0 Å². The summed E-state index contributed by atoms with van der Waals surface area (Å²) in [6.07, 6.45) is 0. The molecule has 0 fully saturated rings. The monoisotopic (exact) mass is 296 g/mol. The van der Waals surface area contributed by atoms with Crippen LogP contribution in [0.3, 0.4) is 0 Å². The lowest BCUT2D eigenvalue weighted by Gasteiger charge is -2.03. The summed E-state index contributed by atoms with van der Waals surface area (Å²) in [5.41, 5.74) is 1.14. The molecule has 2 N–H and O–H groups in total. The Balaban J connectivity index is 1.95. The van der Waals surface area contributed by atoms with Crippen molar-refractivity contribution in [3.63, 3.8) is 0 Å². The Morgan fingerprint density at radius 1 is 1.24 bits per heavy atom. The van der Waals surface area contributed by atoms with Crippen molar-refractivity contribution in [2.45, 2.75) is 13.1 Å². The SMILES string of the molecule is CNCc1nnc(NCc2ccccc2Br)o1. The van der Waals surface area contributed by atoms with Crippen molar-refractivity contribution in [3.05, 3.63) is 40.2 Å². The van der Waals surface area contributed by atoms with E-state index < -0.39 is 0 Å². The summed E-state index contributed by atoms with van der Waals surface area (Å²) in [4.78, 5) is 0. The van der Waals surface area contributed by atoms with Gasteiger partial charge in [0.05, 0.1) is 6.54 Å². The van der Waals surface area contributed by atoms with Gasteiger partial charge in [0, 0.05) is 11.0 Å². The fraction of sp³-hybridized carbons (Fsp3) is 0.273. The fourth-order valence-electron chi connectivity index (χ4n) is 1.36. The van der Waals surface area contributed by atoms with E-state index in [-0.39, 0.29) is 0 Å². The van der Waals surface area contributed by atoms with Gasteiger partial charge in [-0.1, -0.05) is 39.2 Å². The Kier molecular flexibility index (Phi) is 4.11. The Bertz CT molecular complexity index is 486. The highest BCUT2D eigenvalue weighted by atomic mass is 79.9. The largest absolute Gasteiger partial charge is 0.407 e. The standard InChI is InChI=1S/C11H13BrN4O/c1-13-7-10-15-16-11(17-10)14-6-8-4-2-3-5-9(8)12/h2-5,13H,6-7H2,1H3,(H,14,16). The Morgan fingerprint density at radius 3 is 2.82 bits per heavy atom. The van der Waals surface area contributed by atoms with E-state index in [1.54, 1.807) is 0 Å². The van der Waals surface area contributed by atoms with Gasteiger partial charge in [0.25, 0.3) is 0 Å². The summed E-state index contributed by atoms with van der Waals surface area (Å²) in [7, 11) is 1.83. The maximum Gasteiger partial charge on any atom is 0.315 e. The third-order valence-electron chi connectivity index (χ3n) is 2.18. The topological polar surface area (TPSA) is 63.0 Å². The van der Waals surface area contributed by atoms with Crippen LogP contribution in [-0.4, -0.2) is 17.2 Å². The lowest BCUT2D eigenvalue weighted by atomic mass is 10.2. The quantitative estimate of drug-likeness (QED) is 0.885. The number of hydrogen-bond donors (Lipinski definition) is 2. The number of anilines is 1. The van der Waals surface area contributed by atoms with Gasteiger partial charge < -0.3 is 15.1 Å². The summed E-state index contributed by atoms with van der Waals surface area (Å²) < 4.78 is 6.43. The molecular weight excluding hydrogens is 284 g/mol. The molecule has 0 amide bonds. The van der Waals surface area contributed by atoms with Crippen LogP contribution < -0.4 is 10.6 Å². The Morgan fingerprint density at radius 2 is 2.06 bits per heavy atom. The second-order valence-electron chi connectivity index (χ2n) is 3.48.